The highest BCUT2D eigenvalue weighted by Crippen LogP contribution is 2.44. The lowest BCUT2D eigenvalue weighted by atomic mass is 9.93. The van der Waals surface area contributed by atoms with E-state index in [9.17, 15) is 14.7 Å². The van der Waals surface area contributed by atoms with E-state index in [1.165, 1.54) is 11.1 Å². The fourth-order valence-electron chi connectivity index (χ4n) is 7.07. The van der Waals surface area contributed by atoms with Gasteiger partial charge in [-0.1, -0.05) is 83.9 Å². The van der Waals surface area contributed by atoms with Gasteiger partial charge in [-0.05, 0) is 53.1 Å². The van der Waals surface area contributed by atoms with Gasteiger partial charge in [0.15, 0.2) is 0 Å². The molecule has 49 heavy (non-hydrogen) atoms. The molecular weight excluding hydrogens is 663 g/mol. The van der Waals surface area contributed by atoms with E-state index >= 15 is 0 Å². The van der Waals surface area contributed by atoms with Crippen molar-refractivity contribution in [3.63, 3.8) is 0 Å². The molecule has 2 atom stereocenters. The molecule has 3 heterocycles. The third kappa shape index (κ3) is 7.12. The van der Waals surface area contributed by atoms with Gasteiger partial charge in [0, 0.05) is 61.9 Å². The number of hydrogen-bond donors (Lipinski definition) is 3. The molecule has 1 aromatic heterocycles. The third-order valence-corrected chi connectivity index (χ3v) is 10.4. The van der Waals surface area contributed by atoms with Crippen molar-refractivity contribution < 1.29 is 24.2 Å². The molecule has 0 spiro atoms. The zero-order valence-electron chi connectivity index (χ0n) is 27.2. The summed E-state index contributed by atoms with van der Waals surface area (Å²) < 4.78 is 12.0. The lowest BCUT2D eigenvalue weighted by molar-refractivity contribution is -0.147. The van der Waals surface area contributed by atoms with Crippen LogP contribution in [0, 0.1) is 5.92 Å². The molecule has 0 saturated carbocycles. The number of hydrogen-bond acceptors (Lipinski definition) is 7. The number of carbonyl (C=O) groups excluding carboxylic acids is 1. The lowest BCUT2D eigenvalue weighted by Gasteiger charge is -2.36. The van der Waals surface area contributed by atoms with Crippen LogP contribution < -0.4 is 20.1 Å². The van der Waals surface area contributed by atoms with Crippen molar-refractivity contribution >= 4 is 35.1 Å². The molecule has 2 saturated heterocycles. The van der Waals surface area contributed by atoms with Crippen molar-refractivity contribution in [3.05, 3.63) is 99.0 Å². The molecule has 254 valence electrons. The van der Waals surface area contributed by atoms with Gasteiger partial charge in [0.25, 0.3) is 0 Å². The number of fused-ring (bicyclic) bond motifs is 1. The van der Waals surface area contributed by atoms with Gasteiger partial charge in [0.1, 0.15) is 11.1 Å². The second-order valence-corrected chi connectivity index (χ2v) is 13.8. The molecule has 3 N–H and O–H groups in total. The van der Waals surface area contributed by atoms with Crippen LogP contribution in [-0.4, -0.2) is 59.7 Å². The number of carbonyl (C=O) groups is 2. The maximum atomic E-state index is 11.5. The Kier molecular flexibility index (Phi) is 9.78. The van der Waals surface area contributed by atoms with Gasteiger partial charge in [-0.15, -0.1) is 0 Å². The van der Waals surface area contributed by atoms with Crippen LogP contribution in [0.1, 0.15) is 47.6 Å². The third-order valence-electron chi connectivity index (χ3n) is 9.70. The molecule has 0 bridgehead atoms. The van der Waals surface area contributed by atoms with E-state index < -0.39 is 5.97 Å². The maximum absolute atomic E-state index is 11.5. The van der Waals surface area contributed by atoms with Crippen molar-refractivity contribution in [1.82, 2.24) is 20.5 Å². The molecule has 1 amide bonds. The van der Waals surface area contributed by atoms with Crippen LogP contribution in [0.3, 0.4) is 0 Å². The minimum Gasteiger partial charge on any atom is -0.481 e. The summed E-state index contributed by atoms with van der Waals surface area (Å²) >= 11 is 13.8. The molecule has 0 unspecified atom stereocenters. The van der Waals surface area contributed by atoms with Crippen LogP contribution in [0.4, 0.5) is 0 Å². The first-order valence-electron chi connectivity index (χ1n) is 16.6. The average molecular weight is 702 g/mol. The predicted molar refractivity (Wildman–Crippen MR) is 189 cm³/mol. The number of carboxylic acids is 1. The second-order valence-electron chi connectivity index (χ2n) is 13.0. The molecule has 1 aliphatic carbocycles. The number of nitrogens with one attached hydrogen (secondary N) is 2. The Hall–Kier alpha value is -4.15. The van der Waals surface area contributed by atoms with E-state index in [0.717, 1.165) is 65.7 Å². The minimum atomic E-state index is -0.776. The first-order valence-corrected chi connectivity index (χ1v) is 17.4. The number of benzene rings is 3. The molecule has 11 heteroatoms. The number of rotatable bonds is 12. The number of carboxylic acid groups (broad SMARTS) is 1. The van der Waals surface area contributed by atoms with E-state index in [-0.39, 0.29) is 24.0 Å². The van der Waals surface area contributed by atoms with Gasteiger partial charge in [-0.3, -0.25) is 14.5 Å². The van der Waals surface area contributed by atoms with Crippen LogP contribution in [0.2, 0.25) is 10.0 Å². The normalized spacial score (nSPS) is 19.0. The lowest BCUT2D eigenvalue weighted by Crippen LogP contribution is -2.49. The van der Waals surface area contributed by atoms with Crippen LogP contribution >= 0.6 is 23.2 Å². The van der Waals surface area contributed by atoms with Crippen molar-refractivity contribution in [2.45, 2.75) is 50.9 Å². The zero-order valence-corrected chi connectivity index (χ0v) is 28.7. The Labute approximate surface area is 295 Å². The van der Waals surface area contributed by atoms with E-state index in [4.69, 9.17) is 32.7 Å². The van der Waals surface area contributed by atoms with Crippen LogP contribution in [0.15, 0.2) is 66.7 Å². The van der Waals surface area contributed by atoms with Crippen LogP contribution in [0.5, 0.6) is 11.8 Å². The smallest absolute Gasteiger partial charge is 0.309 e. The number of halogens is 2. The van der Waals surface area contributed by atoms with Gasteiger partial charge >= 0.3 is 5.97 Å². The van der Waals surface area contributed by atoms with Gasteiger partial charge < -0.3 is 25.2 Å². The molecule has 2 aliphatic heterocycles. The van der Waals surface area contributed by atoms with Crippen molar-refractivity contribution in [2.75, 3.05) is 26.7 Å². The first-order chi connectivity index (χ1) is 23.8. The van der Waals surface area contributed by atoms with Gasteiger partial charge in [-0.2, -0.15) is 4.98 Å². The van der Waals surface area contributed by atoms with Crippen LogP contribution in [-0.2, 0) is 29.1 Å². The maximum Gasteiger partial charge on any atom is 0.309 e. The molecule has 0 radical (unpaired) electrons. The topological polar surface area (TPSA) is 113 Å². The number of pyridine rings is 1. The second kappa shape index (κ2) is 14.4. The fraction of sp³-hybridized carbons (Fsp3) is 0.342. The molecule has 4 aromatic rings. The fourth-order valence-corrected chi connectivity index (χ4v) is 7.63. The van der Waals surface area contributed by atoms with Crippen molar-refractivity contribution in [1.29, 1.82) is 0 Å². The van der Waals surface area contributed by atoms with E-state index in [1.54, 1.807) is 13.2 Å². The number of aliphatic carboxylic acids is 1. The summed E-state index contributed by atoms with van der Waals surface area (Å²) in [5, 5.41) is 16.7. The predicted octanol–water partition coefficient (Wildman–Crippen LogP) is 6.68. The summed E-state index contributed by atoms with van der Waals surface area (Å²) in [7, 11) is 1.56. The quantitative estimate of drug-likeness (QED) is 0.150. The summed E-state index contributed by atoms with van der Waals surface area (Å²) in [6.07, 6.45) is 2.83. The van der Waals surface area contributed by atoms with Gasteiger partial charge in [0.2, 0.25) is 17.7 Å². The Balaban J connectivity index is 1.05. The minimum absolute atomic E-state index is 0.132. The Morgan fingerprint density at radius 2 is 1.76 bits per heavy atom. The number of nitrogens with zero attached hydrogens (tertiary/aromatic N) is 2. The summed E-state index contributed by atoms with van der Waals surface area (Å²) in [4.78, 5) is 29.3. The molecule has 3 aromatic carbocycles. The number of likely N-dealkylation sites (tertiary alicyclic amines) is 1. The van der Waals surface area contributed by atoms with Crippen LogP contribution in [0.25, 0.3) is 22.3 Å². The standard InChI is InChI=1S/C38H38Cl2N4O5/c1-48-36-24(19-44-20-25(21-44)38(46)47)16-32(39)37(43-36)49-33-14-13-29-28(5-3-6-30(29)33)31-7-2-4-27(35(31)40)23-10-8-22(9-11-23)17-41-18-26-12-15-34(45)42-26/h2-11,16,25-26,33,41H,12-15,17-21H2,1H3,(H,42,45)(H,46,47)/t26-,33-/m0/s1. The summed E-state index contributed by atoms with van der Waals surface area (Å²) in [5.74, 6) is -0.270. The van der Waals surface area contributed by atoms with Crippen molar-refractivity contribution in [3.8, 4) is 34.0 Å². The van der Waals surface area contributed by atoms with Gasteiger partial charge in [0.05, 0.1) is 18.1 Å². The zero-order chi connectivity index (χ0) is 34.1. The SMILES string of the molecule is COc1nc(O[C@H]2CCc3c(-c4cccc(-c5ccc(CNC[C@@H]6CCC(=O)N6)cc5)c4Cl)cccc32)c(Cl)cc1CN1CC(C(=O)O)C1. The average Bonchev–Trinajstić information content (AvgIpc) is 3.69. The molecular formula is C38H38Cl2N4O5. The summed E-state index contributed by atoms with van der Waals surface area (Å²) in [6, 6.07) is 22.8. The van der Waals surface area contributed by atoms with Gasteiger partial charge in [-0.25, -0.2) is 0 Å². The number of aromatic nitrogens is 1. The number of methoxy groups -OCH3 is 1. The first kappa shape index (κ1) is 33.4. The molecule has 7 rings (SSSR count). The number of amides is 1. The van der Waals surface area contributed by atoms with E-state index in [2.05, 4.69) is 58.1 Å². The van der Waals surface area contributed by atoms with E-state index in [1.807, 2.05) is 23.1 Å². The monoisotopic (exact) mass is 700 g/mol. The summed E-state index contributed by atoms with van der Waals surface area (Å²) in [5.41, 5.74) is 8.28. The highest BCUT2D eigenvalue weighted by molar-refractivity contribution is 6.36. The van der Waals surface area contributed by atoms with Crippen molar-refractivity contribution in [2.24, 2.45) is 5.92 Å². The highest BCUT2D eigenvalue weighted by Gasteiger charge is 2.34. The molecule has 9 nitrogen and oxygen atoms in total. The largest absolute Gasteiger partial charge is 0.481 e. The molecule has 2 fully saturated rings. The Morgan fingerprint density at radius 1 is 1.00 bits per heavy atom. The Morgan fingerprint density at radius 3 is 2.49 bits per heavy atom. The Bertz CT molecular complexity index is 1880. The van der Waals surface area contributed by atoms with E-state index in [0.29, 0.717) is 47.9 Å². The number of ether oxygens (including phenoxy) is 2. The molecule has 3 aliphatic rings. The summed E-state index contributed by atoms with van der Waals surface area (Å²) in [6.45, 7) is 2.95. The highest BCUT2D eigenvalue weighted by atomic mass is 35.5.